The Morgan fingerprint density at radius 2 is 1.84 bits per heavy atom. The summed E-state index contributed by atoms with van der Waals surface area (Å²) in [4.78, 5) is 8.76. The predicted octanol–water partition coefficient (Wildman–Crippen LogP) is 5.07. The molecule has 0 radical (unpaired) electrons. The van der Waals surface area contributed by atoms with Crippen LogP contribution in [0.2, 0.25) is 0 Å². The van der Waals surface area contributed by atoms with Crippen LogP contribution in [-0.4, -0.2) is 16.0 Å². The molecule has 1 aromatic carbocycles. The number of fused-ring (bicyclic) bond motifs is 2. The summed E-state index contributed by atoms with van der Waals surface area (Å²) in [5.41, 5.74) is 0.799. The van der Waals surface area contributed by atoms with E-state index in [-0.39, 0.29) is 0 Å². The SMILES string of the molecule is Cc1ncc(-c2ccc(C(F)(F)F)cc2)c(N[C@H]2C[C@@H]3CC[C@H]2C3)n1. The van der Waals surface area contributed by atoms with Gasteiger partial charge in [0.15, 0.2) is 0 Å². The van der Waals surface area contributed by atoms with Gasteiger partial charge in [0.1, 0.15) is 11.6 Å². The van der Waals surface area contributed by atoms with Gasteiger partial charge in [-0.15, -0.1) is 0 Å². The molecule has 0 aliphatic heterocycles. The molecule has 2 aromatic rings. The van der Waals surface area contributed by atoms with Crippen molar-refractivity contribution in [3.63, 3.8) is 0 Å². The highest BCUT2D eigenvalue weighted by Gasteiger charge is 2.39. The van der Waals surface area contributed by atoms with E-state index in [0.29, 0.717) is 23.3 Å². The van der Waals surface area contributed by atoms with Gasteiger partial charge in [-0.05, 0) is 55.7 Å². The normalized spacial score (nSPS) is 25.4. The first-order valence-electron chi connectivity index (χ1n) is 8.68. The Morgan fingerprint density at radius 1 is 1.08 bits per heavy atom. The first-order chi connectivity index (χ1) is 11.9. The first-order valence-corrected chi connectivity index (χ1v) is 8.68. The maximum absolute atomic E-state index is 12.8. The van der Waals surface area contributed by atoms with Gasteiger partial charge in [-0.2, -0.15) is 13.2 Å². The van der Waals surface area contributed by atoms with E-state index in [1.54, 1.807) is 6.20 Å². The molecule has 6 heteroatoms. The molecule has 2 saturated carbocycles. The van der Waals surface area contributed by atoms with E-state index >= 15 is 0 Å². The third-order valence-corrected chi connectivity index (χ3v) is 5.49. The standard InChI is InChI=1S/C19H20F3N3/c1-11-23-10-16(13-4-6-15(7-5-13)19(20,21)22)18(24-11)25-17-9-12-2-3-14(17)8-12/h4-7,10,12,14,17H,2-3,8-9H2,1H3,(H,23,24,25)/t12-,14+,17+/m1/s1. The summed E-state index contributed by atoms with van der Waals surface area (Å²) in [6, 6.07) is 5.60. The topological polar surface area (TPSA) is 37.8 Å². The molecule has 3 atom stereocenters. The van der Waals surface area contributed by atoms with E-state index < -0.39 is 11.7 Å². The highest BCUT2D eigenvalue weighted by molar-refractivity contribution is 5.74. The molecule has 1 N–H and O–H groups in total. The Morgan fingerprint density at radius 3 is 2.44 bits per heavy atom. The first kappa shape index (κ1) is 16.4. The van der Waals surface area contributed by atoms with Crippen molar-refractivity contribution < 1.29 is 13.2 Å². The van der Waals surface area contributed by atoms with Gasteiger partial charge in [-0.25, -0.2) is 9.97 Å². The summed E-state index contributed by atoms with van der Waals surface area (Å²) in [7, 11) is 0. The third-order valence-electron chi connectivity index (χ3n) is 5.49. The number of nitrogens with one attached hydrogen (secondary N) is 1. The summed E-state index contributed by atoms with van der Waals surface area (Å²) in [5.74, 6) is 2.87. The zero-order valence-corrected chi connectivity index (χ0v) is 14.0. The van der Waals surface area contributed by atoms with Gasteiger partial charge in [0.25, 0.3) is 0 Å². The van der Waals surface area contributed by atoms with Crippen LogP contribution in [0.1, 0.15) is 37.1 Å². The van der Waals surface area contributed by atoms with E-state index in [1.807, 2.05) is 6.92 Å². The lowest BCUT2D eigenvalue weighted by atomic mass is 9.95. The zero-order valence-electron chi connectivity index (χ0n) is 14.0. The van der Waals surface area contributed by atoms with Crippen molar-refractivity contribution >= 4 is 5.82 Å². The molecule has 132 valence electrons. The lowest BCUT2D eigenvalue weighted by Crippen LogP contribution is -2.26. The van der Waals surface area contributed by atoms with Gasteiger partial charge in [-0.1, -0.05) is 18.6 Å². The predicted molar refractivity (Wildman–Crippen MR) is 90.1 cm³/mol. The number of aryl methyl sites for hydroxylation is 1. The third kappa shape index (κ3) is 3.22. The fraction of sp³-hybridized carbons (Fsp3) is 0.474. The van der Waals surface area contributed by atoms with Crippen molar-refractivity contribution in [1.29, 1.82) is 0 Å². The van der Waals surface area contributed by atoms with Gasteiger partial charge in [0, 0.05) is 17.8 Å². The second kappa shape index (κ2) is 6.00. The molecule has 2 bridgehead atoms. The van der Waals surface area contributed by atoms with Crippen LogP contribution in [0.3, 0.4) is 0 Å². The second-order valence-electron chi connectivity index (χ2n) is 7.18. The van der Waals surface area contributed by atoms with Gasteiger partial charge in [-0.3, -0.25) is 0 Å². The highest BCUT2D eigenvalue weighted by Crippen LogP contribution is 2.46. The van der Waals surface area contributed by atoms with Crippen molar-refractivity contribution in [2.24, 2.45) is 11.8 Å². The number of nitrogens with zero attached hydrogens (tertiary/aromatic N) is 2. The minimum Gasteiger partial charge on any atom is -0.366 e. The summed E-state index contributed by atoms with van der Waals surface area (Å²) >= 11 is 0. The Balaban J connectivity index is 1.63. The Kier molecular flexibility index (Phi) is 3.93. The van der Waals surface area contributed by atoms with Crippen molar-refractivity contribution in [2.45, 2.75) is 44.8 Å². The molecule has 2 aliphatic carbocycles. The average molecular weight is 347 g/mol. The molecule has 1 heterocycles. The average Bonchev–Trinajstić information content (AvgIpc) is 3.17. The summed E-state index contributed by atoms with van der Waals surface area (Å²) in [5, 5.41) is 3.55. The number of rotatable bonds is 3. The van der Waals surface area contributed by atoms with Crippen LogP contribution < -0.4 is 5.32 Å². The summed E-state index contributed by atoms with van der Waals surface area (Å²) in [6.07, 6.45) is 2.36. The van der Waals surface area contributed by atoms with E-state index in [4.69, 9.17) is 0 Å². The Labute approximate surface area is 144 Å². The molecule has 2 aliphatic rings. The Hall–Kier alpha value is -2.11. The maximum atomic E-state index is 12.8. The molecule has 25 heavy (non-hydrogen) atoms. The van der Waals surface area contributed by atoms with E-state index in [2.05, 4.69) is 15.3 Å². The molecule has 2 fully saturated rings. The highest BCUT2D eigenvalue weighted by atomic mass is 19.4. The van der Waals surface area contributed by atoms with Gasteiger partial charge in [0.05, 0.1) is 5.56 Å². The monoisotopic (exact) mass is 347 g/mol. The largest absolute Gasteiger partial charge is 0.416 e. The van der Waals surface area contributed by atoms with Crippen LogP contribution in [-0.2, 0) is 6.18 Å². The number of halogens is 3. The number of hydrogen-bond acceptors (Lipinski definition) is 3. The zero-order chi connectivity index (χ0) is 17.6. The number of hydrogen-bond donors (Lipinski definition) is 1. The van der Waals surface area contributed by atoms with E-state index in [1.165, 1.54) is 31.4 Å². The van der Waals surface area contributed by atoms with Crippen LogP contribution in [0.25, 0.3) is 11.1 Å². The molecule has 0 saturated heterocycles. The molecule has 0 unspecified atom stereocenters. The van der Waals surface area contributed by atoms with Gasteiger partial charge >= 0.3 is 6.18 Å². The quantitative estimate of drug-likeness (QED) is 0.842. The number of benzene rings is 1. The fourth-order valence-corrected chi connectivity index (χ4v) is 4.23. The van der Waals surface area contributed by atoms with Crippen molar-refractivity contribution in [2.75, 3.05) is 5.32 Å². The number of aromatic nitrogens is 2. The molecule has 0 amide bonds. The molecular weight excluding hydrogens is 327 g/mol. The van der Waals surface area contributed by atoms with Crippen LogP contribution in [0, 0.1) is 18.8 Å². The number of anilines is 1. The minimum atomic E-state index is -4.33. The van der Waals surface area contributed by atoms with Crippen molar-refractivity contribution in [1.82, 2.24) is 9.97 Å². The molecule has 3 nitrogen and oxygen atoms in total. The summed E-state index contributed by atoms with van der Waals surface area (Å²) in [6.45, 7) is 1.82. The second-order valence-corrected chi connectivity index (χ2v) is 7.18. The lowest BCUT2D eigenvalue weighted by Gasteiger charge is -2.24. The maximum Gasteiger partial charge on any atom is 0.416 e. The Bertz CT molecular complexity index is 770. The van der Waals surface area contributed by atoms with Crippen molar-refractivity contribution in [3.05, 3.63) is 41.9 Å². The summed E-state index contributed by atoms with van der Waals surface area (Å²) < 4.78 is 38.3. The smallest absolute Gasteiger partial charge is 0.366 e. The van der Waals surface area contributed by atoms with Crippen molar-refractivity contribution in [3.8, 4) is 11.1 Å². The van der Waals surface area contributed by atoms with Gasteiger partial charge < -0.3 is 5.32 Å². The van der Waals surface area contributed by atoms with E-state index in [9.17, 15) is 13.2 Å². The van der Waals surface area contributed by atoms with Crippen LogP contribution in [0.5, 0.6) is 0 Å². The fourth-order valence-electron chi connectivity index (χ4n) is 4.23. The van der Waals surface area contributed by atoms with Crippen LogP contribution >= 0.6 is 0 Å². The molecule has 0 spiro atoms. The number of alkyl halides is 3. The van der Waals surface area contributed by atoms with E-state index in [0.717, 1.165) is 35.9 Å². The van der Waals surface area contributed by atoms with Crippen LogP contribution in [0.4, 0.5) is 19.0 Å². The molecule has 4 rings (SSSR count). The van der Waals surface area contributed by atoms with Gasteiger partial charge in [0.2, 0.25) is 0 Å². The molecule has 1 aromatic heterocycles. The minimum absolute atomic E-state index is 0.404. The molecular formula is C19H20F3N3. The lowest BCUT2D eigenvalue weighted by molar-refractivity contribution is -0.137. The van der Waals surface area contributed by atoms with Crippen LogP contribution in [0.15, 0.2) is 30.5 Å².